The van der Waals surface area contributed by atoms with E-state index >= 15 is 0 Å². The molecule has 1 aromatic rings. The molecule has 3 heterocycles. The molecule has 2 saturated heterocycles. The van der Waals surface area contributed by atoms with Crippen LogP contribution in [-0.4, -0.2) is 51.4 Å². The Morgan fingerprint density at radius 2 is 2.00 bits per heavy atom. The third-order valence-electron chi connectivity index (χ3n) is 5.13. The number of rotatable bonds is 7. The zero-order valence-electron chi connectivity index (χ0n) is 16.0. The highest BCUT2D eigenvalue weighted by atomic mass is 32.2. The van der Waals surface area contributed by atoms with Crippen molar-refractivity contribution in [2.45, 2.75) is 44.1 Å². The fourth-order valence-electron chi connectivity index (χ4n) is 3.55. The number of fused-ring (bicyclic) bond motifs is 1. The van der Waals surface area contributed by atoms with E-state index in [0.717, 1.165) is 0 Å². The lowest BCUT2D eigenvalue weighted by molar-refractivity contribution is -0.384. The Morgan fingerprint density at radius 1 is 1.33 bits per heavy atom. The van der Waals surface area contributed by atoms with Crippen LogP contribution in [0.25, 0.3) is 0 Å². The summed E-state index contributed by atoms with van der Waals surface area (Å²) in [6, 6.07) is 5.64. The number of ether oxygens (including phenoxy) is 3. The number of nitro benzene ring substituents is 1. The predicted octanol–water partition coefficient (Wildman–Crippen LogP) is 1.73. The number of nitrogens with zero attached hydrogens (tertiary/aromatic N) is 2. The predicted molar refractivity (Wildman–Crippen MR) is 103 cm³/mol. The third kappa shape index (κ3) is 3.65. The van der Waals surface area contributed by atoms with Crippen LogP contribution in [0.4, 0.5) is 5.69 Å². The number of benzene rings is 1. The molecule has 11 heteroatoms. The number of β-lactam (4-membered cyclic amide) rings is 1. The first kappa shape index (κ1) is 20.4. The van der Waals surface area contributed by atoms with E-state index in [0.29, 0.717) is 5.56 Å². The average molecular weight is 434 g/mol. The lowest BCUT2D eigenvalue weighted by Crippen LogP contribution is -2.63. The third-order valence-corrected chi connectivity index (χ3v) is 6.27. The summed E-state index contributed by atoms with van der Waals surface area (Å²) < 4.78 is 16.0. The topological polar surface area (TPSA) is 129 Å². The van der Waals surface area contributed by atoms with E-state index in [1.807, 2.05) is 6.92 Å². The van der Waals surface area contributed by atoms with Gasteiger partial charge in [0.25, 0.3) is 5.69 Å². The number of hydrogen-bond acceptors (Lipinski definition) is 9. The van der Waals surface area contributed by atoms with E-state index in [4.69, 9.17) is 14.2 Å². The number of carbonyl (C=O) groups excluding carboxylic acids is 3. The number of hydrogen-bond donors (Lipinski definition) is 0. The summed E-state index contributed by atoms with van der Waals surface area (Å²) in [6.45, 7) is 3.03. The Labute approximate surface area is 175 Å². The van der Waals surface area contributed by atoms with Crippen LogP contribution < -0.4 is 0 Å². The van der Waals surface area contributed by atoms with Gasteiger partial charge in [-0.05, 0) is 24.6 Å². The van der Waals surface area contributed by atoms with Crippen molar-refractivity contribution in [3.63, 3.8) is 0 Å². The maximum atomic E-state index is 12.7. The number of carbonyl (C=O) groups is 3. The summed E-state index contributed by atoms with van der Waals surface area (Å²) in [4.78, 5) is 48.2. The number of nitro groups is 1. The van der Waals surface area contributed by atoms with Crippen molar-refractivity contribution in [1.82, 2.24) is 4.90 Å². The molecule has 1 amide bonds. The molecule has 158 valence electrons. The normalized spacial score (nSPS) is 27.5. The molecular formula is C19H18N2O8S. The van der Waals surface area contributed by atoms with E-state index in [1.54, 1.807) is 5.41 Å². The maximum absolute atomic E-state index is 12.7. The fraction of sp³-hybridized carbons (Fsp3) is 0.421. The van der Waals surface area contributed by atoms with Crippen LogP contribution in [0.5, 0.6) is 0 Å². The lowest BCUT2D eigenvalue weighted by Gasteiger charge is -2.45. The van der Waals surface area contributed by atoms with Gasteiger partial charge in [0.2, 0.25) is 5.91 Å². The van der Waals surface area contributed by atoms with Crippen LogP contribution in [0.3, 0.4) is 0 Å². The Balaban J connectivity index is 1.37. The molecular weight excluding hydrogens is 416 g/mol. The van der Waals surface area contributed by atoms with Gasteiger partial charge in [-0.3, -0.25) is 24.6 Å². The maximum Gasteiger partial charge on any atom is 0.355 e. The van der Waals surface area contributed by atoms with Crippen molar-refractivity contribution in [2.24, 2.45) is 5.92 Å². The van der Waals surface area contributed by atoms with Crippen LogP contribution in [-0.2, 0) is 35.2 Å². The molecule has 4 rings (SSSR count). The fourth-order valence-corrected chi connectivity index (χ4v) is 4.81. The second-order valence-electron chi connectivity index (χ2n) is 7.14. The molecule has 3 aliphatic rings. The molecule has 0 spiro atoms. The molecule has 2 fully saturated rings. The molecule has 3 aliphatic heterocycles. The summed E-state index contributed by atoms with van der Waals surface area (Å²) in [5, 5.41) is 11.9. The van der Waals surface area contributed by atoms with Crippen molar-refractivity contribution in [3.8, 4) is 0 Å². The number of non-ortho nitro benzene ring substituents is 1. The van der Waals surface area contributed by atoms with Gasteiger partial charge in [0, 0.05) is 24.5 Å². The van der Waals surface area contributed by atoms with E-state index < -0.39 is 28.9 Å². The van der Waals surface area contributed by atoms with Crippen LogP contribution in [0, 0.1) is 16.0 Å². The lowest BCUT2D eigenvalue weighted by atomic mass is 9.88. The van der Waals surface area contributed by atoms with Gasteiger partial charge in [-0.15, -0.1) is 11.8 Å². The molecule has 30 heavy (non-hydrogen) atoms. The first-order chi connectivity index (χ1) is 14.3. The van der Waals surface area contributed by atoms with Gasteiger partial charge in [-0.25, -0.2) is 4.79 Å². The molecule has 10 nitrogen and oxygen atoms in total. The van der Waals surface area contributed by atoms with E-state index in [-0.39, 0.29) is 41.5 Å². The van der Waals surface area contributed by atoms with Gasteiger partial charge in [-0.1, -0.05) is 0 Å². The summed E-state index contributed by atoms with van der Waals surface area (Å²) in [6.07, 6.45) is -1.12. The van der Waals surface area contributed by atoms with Gasteiger partial charge in [0.15, 0.2) is 0 Å². The van der Waals surface area contributed by atoms with E-state index in [1.165, 1.54) is 47.9 Å². The highest BCUT2D eigenvalue weighted by Crippen LogP contribution is 2.49. The largest absolute Gasteiger partial charge is 0.459 e. The first-order valence-corrected chi connectivity index (χ1v) is 10.1. The van der Waals surface area contributed by atoms with Crippen molar-refractivity contribution in [3.05, 3.63) is 51.0 Å². The second kappa shape index (κ2) is 7.73. The minimum absolute atomic E-state index is 0.0590. The van der Waals surface area contributed by atoms with Gasteiger partial charge >= 0.3 is 11.9 Å². The van der Waals surface area contributed by atoms with Crippen LogP contribution in [0.1, 0.15) is 19.4 Å². The monoisotopic (exact) mass is 434 g/mol. The highest BCUT2D eigenvalue weighted by molar-refractivity contribution is 8.03. The summed E-state index contributed by atoms with van der Waals surface area (Å²) in [5.74, 6) is -2.08. The molecule has 0 aromatic heterocycles. The Kier molecular flexibility index (Phi) is 5.24. The summed E-state index contributed by atoms with van der Waals surface area (Å²) in [5.41, 5.74) is 0.648. The molecule has 0 N–H and O–H groups in total. The molecule has 5 atom stereocenters. The van der Waals surface area contributed by atoms with E-state index in [9.17, 15) is 24.5 Å². The quantitative estimate of drug-likeness (QED) is 0.207. The van der Waals surface area contributed by atoms with Gasteiger partial charge in [0.1, 0.15) is 35.8 Å². The first-order valence-electron chi connectivity index (χ1n) is 9.19. The number of esters is 2. The van der Waals surface area contributed by atoms with Gasteiger partial charge < -0.3 is 14.2 Å². The SMILES string of the molecule is CC(=O)OC(C1OC1C)C1C(=O)N2C(C(=O)OCc3ccc([N+](=O)[O-])cc3)=CS[C@H]12. The Hall–Kier alpha value is -2.92. The highest BCUT2D eigenvalue weighted by Gasteiger charge is 2.62. The molecule has 0 saturated carbocycles. The van der Waals surface area contributed by atoms with Crippen LogP contribution >= 0.6 is 11.8 Å². The van der Waals surface area contributed by atoms with Crippen molar-refractivity contribution in [1.29, 1.82) is 0 Å². The molecule has 0 radical (unpaired) electrons. The smallest absolute Gasteiger partial charge is 0.355 e. The van der Waals surface area contributed by atoms with Crippen molar-refractivity contribution < 1.29 is 33.5 Å². The second-order valence-corrected chi connectivity index (χ2v) is 8.13. The summed E-state index contributed by atoms with van der Waals surface area (Å²) in [7, 11) is 0. The zero-order chi connectivity index (χ0) is 21.6. The molecule has 0 bridgehead atoms. The van der Waals surface area contributed by atoms with Crippen LogP contribution in [0.2, 0.25) is 0 Å². The molecule has 0 aliphatic carbocycles. The summed E-state index contributed by atoms with van der Waals surface area (Å²) >= 11 is 1.29. The Bertz CT molecular complexity index is 946. The van der Waals surface area contributed by atoms with Gasteiger partial charge in [-0.2, -0.15) is 0 Å². The van der Waals surface area contributed by atoms with Gasteiger partial charge in [0.05, 0.1) is 11.0 Å². The zero-order valence-corrected chi connectivity index (χ0v) is 16.9. The van der Waals surface area contributed by atoms with E-state index in [2.05, 4.69) is 0 Å². The average Bonchev–Trinajstić information content (AvgIpc) is 3.30. The minimum Gasteiger partial charge on any atom is -0.459 e. The number of amides is 1. The van der Waals surface area contributed by atoms with Crippen molar-refractivity contribution >= 4 is 35.3 Å². The number of thioether (sulfide) groups is 1. The molecule has 4 unspecified atom stereocenters. The Morgan fingerprint density at radius 3 is 2.57 bits per heavy atom. The van der Waals surface area contributed by atoms with Crippen LogP contribution in [0.15, 0.2) is 35.4 Å². The minimum atomic E-state index is -0.692. The number of epoxide rings is 1. The standard InChI is InChI=1S/C19H18N2O8S/c1-9-15(28-9)16(29-10(2)22)14-17(23)20-13(8-30-18(14)20)19(24)27-7-11-3-5-12(6-4-11)21(25)26/h3-6,8-9,14-16,18H,7H2,1-2H3/t9?,14?,15?,16?,18-/m1/s1. The van der Waals surface area contributed by atoms with Crippen molar-refractivity contribution in [2.75, 3.05) is 0 Å². The molecule has 1 aromatic carbocycles.